The van der Waals surface area contributed by atoms with E-state index < -0.39 is 0 Å². The second-order valence-corrected chi connectivity index (χ2v) is 9.78. The molecule has 0 spiro atoms. The van der Waals surface area contributed by atoms with Crippen LogP contribution in [-0.4, -0.2) is 19.7 Å². The number of para-hydroxylation sites is 1. The molecule has 1 unspecified atom stereocenters. The van der Waals surface area contributed by atoms with E-state index in [9.17, 15) is 4.79 Å². The Morgan fingerprint density at radius 1 is 0.882 bits per heavy atom. The van der Waals surface area contributed by atoms with Crippen molar-refractivity contribution in [3.63, 3.8) is 0 Å². The highest BCUT2D eigenvalue weighted by Gasteiger charge is 2.21. The fraction of sp³-hybridized carbons (Fsp3) is 0.185. The fourth-order valence-corrected chi connectivity index (χ4v) is 4.88. The highest BCUT2D eigenvalue weighted by atomic mass is 32.2. The lowest BCUT2D eigenvalue weighted by Crippen LogP contribution is -2.22. The third-order valence-corrected chi connectivity index (χ3v) is 6.62. The summed E-state index contributed by atoms with van der Waals surface area (Å²) in [4.78, 5) is 18.4. The maximum absolute atomic E-state index is 13.6. The van der Waals surface area contributed by atoms with Gasteiger partial charge in [0, 0.05) is 5.56 Å². The van der Waals surface area contributed by atoms with Gasteiger partial charge in [0.25, 0.3) is 5.56 Å². The Morgan fingerprint density at radius 3 is 2.32 bits per heavy atom. The molecule has 0 radical (unpaired) electrons. The molecular weight excluding hydrogens is 444 g/mol. The normalized spacial score (nSPS) is 12.2. The summed E-state index contributed by atoms with van der Waals surface area (Å²) in [5.74, 6) is 0.954. The lowest BCUT2D eigenvalue weighted by atomic mass is 10.1. The number of fused-ring (bicyclic) bond motifs is 1. The number of benzene rings is 3. The molecule has 0 saturated heterocycles. The Kier molecular flexibility index (Phi) is 5.79. The third-order valence-electron chi connectivity index (χ3n) is 5.58. The van der Waals surface area contributed by atoms with Gasteiger partial charge in [-0.25, -0.2) is 4.98 Å². The molecule has 5 rings (SSSR count). The van der Waals surface area contributed by atoms with Crippen molar-refractivity contribution in [3.05, 3.63) is 99.7 Å². The first-order valence-electron chi connectivity index (χ1n) is 11.1. The van der Waals surface area contributed by atoms with Crippen molar-refractivity contribution >= 4 is 22.7 Å². The molecule has 0 saturated carbocycles. The van der Waals surface area contributed by atoms with Crippen molar-refractivity contribution in [3.8, 4) is 17.1 Å². The summed E-state index contributed by atoms with van der Waals surface area (Å²) >= 11 is 1.43. The molecule has 0 aliphatic carbocycles. The van der Waals surface area contributed by atoms with Gasteiger partial charge in [-0.05, 0) is 75.2 Å². The zero-order chi connectivity index (χ0) is 23.8. The number of hydrogen-bond donors (Lipinski definition) is 0. The predicted octanol–water partition coefficient (Wildman–Crippen LogP) is 6.21. The summed E-state index contributed by atoms with van der Waals surface area (Å²) < 4.78 is 7.67. The van der Waals surface area contributed by atoms with Gasteiger partial charge >= 0.3 is 0 Å². The molecule has 0 aliphatic rings. The predicted molar refractivity (Wildman–Crippen MR) is 136 cm³/mol. The van der Waals surface area contributed by atoms with Crippen LogP contribution in [0.15, 0.2) is 81.1 Å². The smallest absolute Gasteiger partial charge is 0.266 e. The monoisotopic (exact) mass is 468 g/mol. The molecule has 1 atom stereocenters. The van der Waals surface area contributed by atoms with Crippen LogP contribution < -0.4 is 5.56 Å². The lowest BCUT2D eigenvalue weighted by Gasteiger charge is -2.16. The SMILES string of the molecule is Cc1ccc(-c2nnc(C(C)Sc3nc4ccccc4c(=O)n3-c3cc(C)cc(C)c3)o2)cc1. The molecule has 0 N–H and O–H groups in total. The van der Waals surface area contributed by atoms with Crippen LogP contribution in [0, 0.1) is 20.8 Å². The highest BCUT2D eigenvalue weighted by Crippen LogP contribution is 2.35. The first-order valence-corrected chi connectivity index (χ1v) is 11.9. The van der Waals surface area contributed by atoms with Crippen molar-refractivity contribution < 1.29 is 4.42 Å². The molecule has 0 amide bonds. The summed E-state index contributed by atoms with van der Waals surface area (Å²) in [6.07, 6.45) is 0. The molecule has 2 heterocycles. The Hall–Kier alpha value is -3.71. The van der Waals surface area contributed by atoms with E-state index in [1.807, 2.05) is 88.4 Å². The first-order chi connectivity index (χ1) is 16.4. The minimum Gasteiger partial charge on any atom is -0.419 e. The van der Waals surface area contributed by atoms with E-state index in [0.29, 0.717) is 27.8 Å². The average molecular weight is 469 g/mol. The topological polar surface area (TPSA) is 73.8 Å². The van der Waals surface area contributed by atoms with E-state index in [1.54, 1.807) is 4.57 Å². The van der Waals surface area contributed by atoms with E-state index in [-0.39, 0.29) is 10.8 Å². The van der Waals surface area contributed by atoms with Crippen LogP contribution >= 0.6 is 11.8 Å². The van der Waals surface area contributed by atoms with Gasteiger partial charge in [-0.15, -0.1) is 10.2 Å². The van der Waals surface area contributed by atoms with E-state index in [1.165, 1.54) is 17.3 Å². The molecule has 5 aromatic rings. The van der Waals surface area contributed by atoms with Gasteiger partial charge in [-0.1, -0.05) is 47.7 Å². The Labute approximate surface area is 201 Å². The van der Waals surface area contributed by atoms with Crippen molar-refractivity contribution in [2.24, 2.45) is 0 Å². The van der Waals surface area contributed by atoms with Crippen LogP contribution in [0.5, 0.6) is 0 Å². The Morgan fingerprint density at radius 2 is 1.59 bits per heavy atom. The Balaban J connectivity index is 1.57. The molecule has 3 aromatic carbocycles. The van der Waals surface area contributed by atoms with Gasteiger partial charge in [0.05, 0.1) is 21.8 Å². The van der Waals surface area contributed by atoms with Crippen molar-refractivity contribution in [1.29, 1.82) is 0 Å². The van der Waals surface area contributed by atoms with Crippen molar-refractivity contribution in [2.75, 3.05) is 0 Å². The second-order valence-electron chi connectivity index (χ2n) is 8.47. The number of thioether (sulfide) groups is 1. The zero-order valence-corrected chi connectivity index (χ0v) is 20.3. The standard InChI is InChI=1S/C27H24N4O2S/c1-16-9-11-20(12-10-16)25-30-29-24(33-25)19(4)34-27-28-23-8-6-5-7-22(23)26(32)31(27)21-14-17(2)13-18(3)15-21/h5-15,19H,1-4H3. The summed E-state index contributed by atoms with van der Waals surface area (Å²) in [6.45, 7) is 8.06. The van der Waals surface area contributed by atoms with Crippen LogP contribution in [0.3, 0.4) is 0 Å². The third kappa shape index (κ3) is 4.26. The number of rotatable bonds is 5. The number of hydrogen-bond acceptors (Lipinski definition) is 6. The van der Waals surface area contributed by atoms with Crippen LogP contribution in [-0.2, 0) is 0 Å². The van der Waals surface area contributed by atoms with Crippen LogP contribution in [0.2, 0.25) is 0 Å². The highest BCUT2D eigenvalue weighted by molar-refractivity contribution is 7.99. The van der Waals surface area contributed by atoms with Gasteiger partial charge < -0.3 is 4.42 Å². The minimum absolute atomic E-state index is 0.101. The number of aryl methyl sites for hydroxylation is 3. The maximum Gasteiger partial charge on any atom is 0.266 e. The first kappa shape index (κ1) is 22.1. The Bertz CT molecular complexity index is 1530. The maximum atomic E-state index is 13.6. The van der Waals surface area contributed by atoms with Crippen LogP contribution in [0.4, 0.5) is 0 Å². The van der Waals surface area contributed by atoms with Crippen molar-refractivity contribution in [2.45, 2.75) is 38.1 Å². The van der Waals surface area contributed by atoms with Crippen LogP contribution in [0.25, 0.3) is 28.0 Å². The molecule has 6 nitrogen and oxygen atoms in total. The molecular formula is C27H24N4O2S. The molecule has 0 aliphatic heterocycles. The van der Waals surface area contributed by atoms with Gasteiger partial charge in [-0.2, -0.15) is 0 Å². The summed E-state index contributed by atoms with van der Waals surface area (Å²) in [5.41, 5.74) is 5.56. The fourth-order valence-electron chi connectivity index (χ4n) is 3.92. The number of nitrogens with zero attached hydrogens (tertiary/aromatic N) is 4. The molecule has 34 heavy (non-hydrogen) atoms. The van der Waals surface area contributed by atoms with E-state index >= 15 is 0 Å². The molecule has 7 heteroatoms. The van der Waals surface area contributed by atoms with Gasteiger partial charge in [-0.3, -0.25) is 9.36 Å². The quantitative estimate of drug-likeness (QED) is 0.225. The molecule has 0 bridgehead atoms. The van der Waals surface area contributed by atoms with E-state index in [2.05, 4.69) is 16.3 Å². The summed E-state index contributed by atoms with van der Waals surface area (Å²) in [6, 6.07) is 21.5. The summed E-state index contributed by atoms with van der Waals surface area (Å²) in [5, 5.41) is 9.46. The van der Waals surface area contributed by atoms with E-state index in [4.69, 9.17) is 9.40 Å². The van der Waals surface area contributed by atoms with Gasteiger partial charge in [0.15, 0.2) is 5.16 Å². The van der Waals surface area contributed by atoms with E-state index in [0.717, 1.165) is 22.4 Å². The lowest BCUT2D eigenvalue weighted by molar-refractivity contribution is 0.508. The molecule has 170 valence electrons. The largest absolute Gasteiger partial charge is 0.419 e. The second kappa shape index (κ2) is 8.91. The van der Waals surface area contributed by atoms with Crippen LogP contribution in [0.1, 0.15) is 34.8 Å². The van der Waals surface area contributed by atoms with Gasteiger partial charge in [0.1, 0.15) is 0 Å². The molecule has 2 aromatic heterocycles. The minimum atomic E-state index is -0.211. The number of aromatic nitrogens is 4. The average Bonchev–Trinajstić information content (AvgIpc) is 3.30. The van der Waals surface area contributed by atoms with Gasteiger partial charge in [0.2, 0.25) is 11.8 Å². The summed E-state index contributed by atoms with van der Waals surface area (Å²) in [7, 11) is 0. The molecule has 0 fully saturated rings. The zero-order valence-electron chi connectivity index (χ0n) is 19.4. The van der Waals surface area contributed by atoms with Crippen molar-refractivity contribution in [1.82, 2.24) is 19.7 Å².